The van der Waals surface area contributed by atoms with E-state index in [-0.39, 0.29) is 18.4 Å². The molecule has 0 saturated carbocycles. The molecule has 28 heavy (non-hydrogen) atoms. The summed E-state index contributed by atoms with van der Waals surface area (Å²) < 4.78 is 5.71. The predicted molar refractivity (Wildman–Crippen MR) is 110 cm³/mol. The summed E-state index contributed by atoms with van der Waals surface area (Å²) in [5.41, 5.74) is 3.13. The molecule has 1 aliphatic heterocycles. The first kappa shape index (κ1) is 20.2. The summed E-state index contributed by atoms with van der Waals surface area (Å²) in [6.45, 7) is 6.17. The van der Waals surface area contributed by atoms with Gasteiger partial charge in [0.25, 0.3) is 5.91 Å². The lowest BCUT2D eigenvalue weighted by atomic mass is 10.1. The van der Waals surface area contributed by atoms with Crippen molar-refractivity contribution >= 4 is 23.4 Å². The van der Waals surface area contributed by atoms with Crippen LogP contribution in [-0.4, -0.2) is 54.4 Å². The van der Waals surface area contributed by atoms with Crippen molar-refractivity contribution in [1.82, 2.24) is 9.80 Å². The van der Waals surface area contributed by atoms with E-state index >= 15 is 0 Å². The molecule has 0 aromatic heterocycles. The van der Waals surface area contributed by atoms with Gasteiger partial charge in [-0.2, -0.15) is 0 Å². The van der Waals surface area contributed by atoms with E-state index in [1.165, 1.54) is 0 Å². The summed E-state index contributed by atoms with van der Waals surface area (Å²) in [4.78, 5) is 28.5. The summed E-state index contributed by atoms with van der Waals surface area (Å²) in [7, 11) is 0. The van der Waals surface area contributed by atoms with Crippen LogP contribution in [0.5, 0.6) is 5.75 Å². The first-order valence-electron chi connectivity index (χ1n) is 9.43. The molecule has 0 bridgehead atoms. The molecule has 2 aromatic rings. The molecule has 5 nitrogen and oxygen atoms in total. The van der Waals surface area contributed by atoms with E-state index in [0.717, 1.165) is 22.4 Å². The molecule has 1 aliphatic rings. The molecule has 1 fully saturated rings. The van der Waals surface area contributed by atoms with Crippen molar-refractivity contribution in [3.05, 3.63) is 64.2 Å². The highest BCUT2D eigenvalue weighted by Gasteiger charge is 2.24. The van der Waals surface area contributed by atoms with E-state index in [1.54, 1.807) is 17.0 Å². The van der Waals surface area contributed by atoms with Crippen molar-refractivity contribution in [1.29, 1.82) is 0 Å². The molecule has 6 heteroatoms. The second kappa shape index (κ2) is 9.11. The molecule has 0 aliphatic carbocycles. The van der Waals surface area contributed by atoms with Crippen LogP contribution in [0.4, 0.5) is 0 Å². The van der Waals surface area contributed by atoms with Gasteiger partial charge < -0.3 is 14.5 Å². The van der Waals surface area contributed by atoms with E-state index in [9.17, 15) is 9.59 Å². The molecule has 0 N–H and O–H groups in total. The number of ether oxygens (including phenoxy) is 1. The Labute approximate surface area is 170 Å². The standard InChI is InChI=1S/C22H25ClN2O3/c1-16-4-3-5-20(17(16)2)28-15-22(27)25-12-10-24(11-13-25)21(26)14-18-6-8-19(23)9-7-18/h3-9H,10-15H2,1-2H3. The van der Waals surface area contributed by atoms with Crippen LogP contribution >= 0.6 is 11.6 Å². The summed E-state index contributed by atoms with van der Waals surface area (Å²) in [6.07, 6.45) is 0.348. The van der Waals surface area contributed by atoms with Crippen LogP contribution in [0.25, 0.3) is 0 Å². The first-order valence-corrected chi connectivity index (χ1v) is 9.81. The minimum atomic E-state index is -0.0503. The quantitative estimate of drug-likeness (QED) is 0.774. The second-order valence-electron chi connectivity index (χ2n) is 7.05. The van der Waals surface area contributed by atoms with Gasteiger partial charge >= 0.3 is 0 Å². The fourth-order valence-electron chi connectivity index (χ4n) is 3.21. The average molecular weight is 401 g/mol. The fraction of sp³-hybridized carbons (Fsp3) is 0.364. The van der Waals surface area contributed by atoms with Crippen molar-refractivity contribution in [3.63, 3.8) is 0 Å². The molecular formula is C22H25ClN2O3. The van der Waals surface area contributed by atoms with Crippen LogP contribution in [0.1, 0.15) is 16.7 Å². The van der Waals surface area contributed by atoms with E-state index in [4.69, 9.17) is 16.3 Å². The molecule has 0 unspecified atom stereocenters. The monoisotopic (exact) mass is 400 g/mol. The molecule has 1 saturated heterocycles. The number of benzene rings is 2. The SMILES string of the molecule is Cc1cccc(OCC(=O)N2CCN(C(=O)Cc3ccc(Cl)cc3)CC2)c1C. The highest BCUT2D eigenvalue weighted by atomic mass is 35.5. The Bertz CT molecular complexity index is 843. The van der Waals surface area contributed by atoms with E-state index in [1.807, 2.05) is 49.1 Å². The summed E-state index contributed by atoms with van der Waals surface area (Å²) in [6, 6.07) is 13.1. The van der Waals surface area contributed by atoms with Gasteiger partial charge in [-0.05, 0) is 48.7 Å². The smallest absolute Gasteiger partial charge is 0.260 e. The highest BCUT2D eigenvalue weighted by molar-refractivity contribution is 6.30. The number of hydrogen-bond acceptors (Lipinski definition) is 3. The van der Waals surface area contributed by atoms with Crippen LogP contribution in [0.15, 0.2) is 42.5 Å². The van der Waals surface area contributed by atoms with E-state index in [0.29, 0.717) is 37.6 Å². The normalized spacial score (nSPS) is 14.1. The maximum atomic E-state index is 12.5. The molecular weight excluding hydrogens is 376 g/mol. The number of piperazine rings is 1. The molecule has 148 valence electrons. The van der Waals surface area contributed by atoms with Gasteiger partial charge in [-0.1, -0.05) is 35.9 Å². The van der Waals surface area contributed by atoms with Gasteiger partial charge in [-0.15, -0.1) is 0 Å². The Morgan fingerprint density at radius 2 is 1.54 bits per heavy atom. The molecule has 0 radical (unpaired) electrons. The maximum Gasteiger partial charge on any atom is 0.260 e. The first-order chi connectivity index (χ1) is 13.4. The minimum Gasteiger partial charge on any atom is -0.483 e. The van der Waals surface area contributed by atoms with Crippen molar-refractivity contribution in [2.24, 2.45) is 0 Å². The van der Waals surface area contributed by atoms with Gasteiger partial charge in [0.05, 0.1) is 6.42 Å². The van der Waals surface area contributed by atoms with E-state index in [2.05, 4.69) is 0 Å². The van der Waals surface area contributed by atoms with Crippen molar-refractivity contribution in [2.75, 3.05) is 32.8 Å². The number of hydrogen-bond donors (Lipinski definition) is 0. The third-order valence-electron chi connectivity index (χ3n) is 5.16. The average Bonchev–Trinajstić information content (AvgIpc) is 2.70. The number of amides is 2. The van der Waals surface area contributed by atoms with Gasteiger partial charge in [0.1, 0.15) is 5.75 Å². The predicted octanol–water partition coefficient (Wildman–Crippen LogP) is 3.25. The lowest BCUT2D eigenvalue weighted by molar-refractivity contribution is -0.140. The summed E-state index contributed by atoms with van der Waals surface area (Å²) in [5, 5.41) is 0.659. The molecule has 2 amide bonds. The summed E-state index contributed by atoms with van der Waals surface area (Å²) >= 11 is 5.88. The number of nitrogens with zero attached hydrogens (tertiary/aromatic N) is 2. The second-order valence-corrected chi connectivity index (χ2v) is 7.49. The number of halogens is 1. The van der Waals surface area contributed by atoms with Crippen LogP contribution in [0, 0.1) is 13.8 Å². The fourth-order valence-corrected chi connectivity index (χ4v) is 3.33. The Kier molecular flexibility index (Phi) is 6.57. The molecule has 0 spiro atoms. The zero-order valence-electron chi connectivity index (χ0n) is 16.3. The van der Waals surface area contributed by atoms with Gasteiger partial charge in [0.2, 0.25) is 5.91 Å². The van der Waals surface area contributed by atoms with Crippen molar-refractivity contribution in [3.8, 4) is 5.75 Å². The Morgan fingerprint density at radius 1 is 0.929 bits per heavy atom. The van der Waals surface area contributed by atoms with Crippen molar-refractivity contribution in [2.45, 2.75) is 20.3 Å². The van der Waals surface area contributed by atoms with Crippen LogP contribution in [-0.2, 0) is 16.0 Å². The largest absolute Gasteiger partial charge is 0.483 e. The van der Waals surface area contributed by atoms with Gasteiger partial charge in [-0.25, -0.2) is 0 Å². The zero-order chi connectivity index (χ0) is 20.1. The molecule has 1 heterocycles. The number of carbonyl (C=O) groups is 2. The van der Waals surface area contributed by atoms with Gasteiger partial charge in [-0.3, -0.25) is 9.59 Å². The van der Waals surface area contributed by atoms with Crippen LogP contribution in [0.3, 0.4) is 0 Å². The molecule has 2 aromatic carbocycles. The molecule has 0 atom stereocenters. The number of aryl methyl sites for hydroxylation is 1. The van der Waals surface area contributed by atoms with Gasteiger partial charge in [0.15, 0.2) is 6.61 Å². The molecule has 3 rings (SSSR count). The van der Waals surface area contributed by atoms with Crippen LogP contribution < -0.4 is 4.74 Å². The summed E-state index contributed by atoms with van der Waals surface area (Å²) in [5.74, 6) is 0.761. The highest BCUT2D eigenvalue weighted by Crippen LogP contribution is 2.20. The Morgan fingerprint density at radius 3 is 2.18 bits per heavy atom. The lowest BCUT2D eigenvalue weighted by Gasteiger charge is -2.34. The maximum absolute atomic E-state index is 12.5. The zero-order valence-corrected chi connectivity index (χ0v) is 17.0. The third-order valence-corrected chi connectivity index (χ3v) is 5.41. The number of carbonyl (C=O) groups excluding carboxylic acids is 2. The van der Waals surface area contributed by atoms with Gasteiger partial charge in [0, 0.05) is 31.2 Å². The van der Waals surface area contributed by atoms with Crippen LogP contribution in [0.2, 0.25) is 5.02 Å². The Balaban J connectivity index is 1.46. The minimum absolute atomic E-state index is 0.0169. The van der Waals surface area contributed by atoms with E-state index < -0.39 is 0 Å². The Hall–Kier alpha value is -2.53. The topological polar surface area (TPSA) is 49.9 Å². The number of rotatable bonds is 5. The lowest BCUT2D eigenvalue weighted by Crippen LogP contribution is -2.52. The third kappa shape index (κ3) is 5.04. The van der Waals surface area contributed by atoms with Crippen molar-refractivity contribution < 1.29 is 14.3 Å².